The third kappa shape index (κ3) is 3.55. The number of benzene rings is 2. The van der Waals surface area contributed by atoms with Crippen LogP contribution in [0.15, 0.2) is 56.3 Å². The molecule has 1 N–H and O–H groups in total. The van der Waals surface area contributed by atoms with E-state index < -0.39 is 0 Å². The van der Waals surface area contributed by atoms with Crippen molar-refractivity contribution in [1.29, 1.82) is 5.26 Å². The van der Waals surface area contributed by atoms with Crippen LogP contribution in [0, 0.1) is 11.5 Å². The van der Waals surface area contributed by atoms with E-state index in [1.165, 1.54) is 11.8 Å². The molecule has 3 rings (SSSR count). The zero-order valence-electron chi connectivity index (χ0n) is 12.1. The van der Waals surface area contributed by atoms with E-state index in [2.05, 4.69) is 31.2 Å². The van der Waals surface area contributed by atoms with Crippen molar-refractivity contribution in [3.05, 3.63) is 46.9 Å². The highest BCUT2D eigenvalue weighted by Gasteiger charge is 2.09. The number of fused-ring (bicyclic) bond motifs is 1. The van der Waals surface area contributed by atoms with E-state index >= 15 is 0 Å². The molecule has 0 fully saturated rings. The van der Waals surface area contributed by atoms with Crippen LogP contribution in [0.25, 0.3) is 22.6 Å². The summed E-state index contributed by atoms with van der Waals surface area (Å²) < 4.78 is 6.78. The molecule has 0 atom stereocenters. The standard InChI is InChI=1S/C16H11BrN4OS/c1-23-16(19-9-18)20-12-6-7-14-13(8-12)21-15(22-14)10-2-4-11(17)5-3-10/h2-8H,1H3,(H,19,20). The van der Waals surface area contributed by atoms with Gasteiger partial charge in [-0.3, -0.25) is 5.32 Å². The highest BCUT2D eigenvalue weighted by molar-refractivity contribution is 9.10. The van der Waals surface area contributed by atoms with Gasteiger partial charge in [-0.25, -0.2) is 9.98 Å². The van der Waals surface area contributed by atoms with Crippen LogP contribution < -0.4 is 5.32 Å². The fourth-order valence-corrected chi connectivity index (χ4v) is 2.60. The molecule has 0 saturated heterocycles. The predicted molar refractivity (Wildman–Crippen MR) is 96.5 cm³/mol. The number of halogens is 1. The topological polar surface area (TPSA) is 74.2 Å². The van der Waals surface area contributed by atoms with Gasteiger partial charge in [0.05, 0.1) is 5.69 Å². The number of rotatable bonds is 2. The lowest BCUT2D eigenvalue weighted by atomic mass is 10.2. The first-order chi connectivity index (χ1) is 11.2. The number of hydrogen-bond donors (Lipinski definition) is 1. The average molecular weight is 387 g/mol. The second kappa shape index (κ2) is 6.86. The Kier molecular flexibility index (Phi) is 4.65. The van der Waals surface area contributed by atoms with Crippen LogP contribution in [0.1, 0.15) is 0 Å². The van der Waals surface area contributed by atoms with Gasteiger partial charge in [0.1, 0.15) is 5.52 Å². The largest absolute Gasteiger partial charge is 0.436 e. The fourth-order valence-electron chi connectivity index (χ4n) is 1.99. The van der Waals surface area contributed by atoms with Crippen LogP contribution in [-0.4, -0.2) is 16.4 Å². The van der Waals surface area contributed by atoms with E-state index in [4.69, 9.17) is 9.68 Å². The lowest BCUT2D eigenvalue weighted by Gasteiger charge is -1.98. The van der Waals surface area contributed by atoms with Crippen LogP contribution in [-0.2, 0) is 0 Å². The van der Waals surface area contributed by atoms with Crippen LogP contribution >= 0.6 is 27.7 Å². The molecule has 7 heteroatoms. The van der Waals surface area contributed by atoms with Crippen LogP contribution in [0.5, 0.6) is 0 Å². The maximum absolute atomic E-state index is 8.68. The van der Waals surface area contributed by atoms with Gasteiger partial charge in [-0.1, -0.05) is 27.7 Å². The molecule has 0 unspecified atom stereocenters. The van der Waals surface area contributed by atoms with Gasteiger partial charge < -0.3 is 4.42 Å². The zero-order valence-corrected chi connectivity index (χ0v) is 14.5. The quantitative estimate of drug-likeness (QED) is 0.299. The summed E-state index contributed by atoms with van der Waals surface area (Å²) in [7, 11) is 0. The minimum Gasteiger partial charge on any atom is -0.436 e. The first-order valence-electron chi connectivity index (χ1n) is 6.64. The number of aromatic nitrogens is 1. The number of oxazole rings is 1. The number of aliphatic imine (C=N–C) groups is 1. The SMILES string of the molecule is CSC(=Nc1ccc2oc(-c3ccc(Br)cc3)nc2c1)NC#N. The molecule has 1 heterocycles. The van der Waals surface area contributed by atoms with Crippen molar-refractivity contribution in [2.24, 2.45) is 4.99 Å². The van der Waals surface area contributed by atoms with Crippen molar-refractivity contribution in [2.45, 2.75) is 0 Å². The van der Waals surface area contributed by atoms with Gasteiger partial charge in [-0.15, -0.1) is 0 Å². The molecule has 0 radical (unpaired) electrons. The minimum atomic E-state index is 0.531. The number of amidine groups is 1. The third-order valence-corrected chi connectivity index (χ3v) is 4.16. The van der Waals surface area contributed by atoms with E-state index in [1.807, 2.05) is 54.9 Å². The Hall–Kier alpha value is -2.30. The maximum atomic E-state index is 8.68. The summed E-state index contributed by atoms with van der Waals surface area (Å²) in [6.45, 7) is 0. The number of thioether (sulfide) groups is 1. The van der Waals surface area contributed by atoms with Crippen LogP contribution in [0.2, 0.25) is 0 Å². The van der Waals surface area contributed by atoms with Crippen molar-refractivity contribution >= 4 is 49.6 Å². The number of hydrogen-bond acceptors (Lipinski definition) is 5. The Bertz CT molecular complexity index is 912. The van der Waals surface area contributed by atoms with Crippen molar-refractivity contribution in [1.82, 2.24) is 10.3 Å². The lowest BCUT2D eigenvalue weighted by molar-refractivity contribution is 0.620. The second-order valence-electron chi connectivity index (χ2n) is 4.54. The van der Waals surface area contributed by atoms with Gasteiger partial charge in [0.2, 0.25) is 5.89 Å². The van der Waals surface area contributed by atoms with E-state index in [9.17, 15) is 0 Å². The fraction of sp³-hybridized carbons (Fsp3) is 0.0625. The minimum absolute atomic E-state index is 0.531. The molecule has 2 aromatic carbocycles. The molecule has 1 aromatic heterocycles. The summed E-state index contributed by atoms with van der Waals surface area (Å²) in [5.74, 6) is 0.564. The van der Waals surface area contributed by atoms with E-state index in [0.717, 1.165) is 15.6 Å². The van der Waals surface area contributed by atoms with Crippen molar-refractivity contribution in [2.75, 3.05) is 6.26 Å². The van der Waals surface area contributed by atoms with Crippen molar-refractivity contribution < 1.29 is 4.42 Å². The number of nitrogens with zero attached hydrogens (tertiary/aromatic N) is 3. The first kappa shape index (κ1) is 15.6. The van der Waals surface area contributed by atoms with Crippen LogP contribution in [0.4, 0.5) is 5.69 Å². The molecule has 0 aliphatic carbocycles. The Morgan fingerprint density at radius 2 is 2.09 bits per heavy atom. The first-order valence-corrected chi connectivity index (χ1v) is 8.65. The Morgan fingerprint density at radius 1 is 1.30 bits per heavy atom. The Morgan fingerprint density at radius 3 is 2.78 bits per heavy atom. The zero-order chi connectivity index (χ0) is 16.2. The van der Waals surface area contributed by atoms with Gasteiger partial charge in [0.15, 0.2) is 16.9 Å². The van der Waals surface area contributed by atoms with Gasteiger partial charge in [-0.2, -0.15) is 5.26 Å². The molecule has 114 valence electrons. The van der Waals surface area contributed by atoms with Gasteiger partial charge in [0.25, 0.3) is 0 Å². The molecule has 0 spiro atoms. The van der Waals surface area contributed by atoms with Crippen LogP contribution in [0.3, 0.4) is 0 Å². The normalized spacial score (nSPS) is 11.4. The van der Waals surface area contributed by atoms with Gasteiger partial charge in [-0.05, 0) is 48.7 Å². The molecule has 3 aromatic rings. The summed E-state index contributed by atoms with van der Waals surface area (Å²) in [6.07, 6.45) is 3.72. The van der Waals surface area contributed by atoms with E-state index in [-0.39, 0.29) is 0 Å². The Balaban J connectivity index is 1.98. The molecule has 23 heavy (non-hydrogen) atoms. The predicted octanol–water partition coefficient (Wildman–Crippen LogP) is 4.68. The third-order valence-electron chi connectivity index (χ3n) is 3.05. The summed E-state index contributed by atoms with van der Waals surface area (Å²) in [5, 5.41) is 11.7. The Labute approximate surface area is 145 Å². The molecular formula is C16H11BrN4OS. The molecule has 0 bridgehead atoms. The van der Waals surface area contributed by atoms with Gasteiger partial charge in [0, 0.05) is 10.0 Å². The summed E-state index contributed by atoms with van der Waals surface area (Å²) in [4.78, 5) is 8.88. The molecule has 0 amide bonds. The molecule has 0 aliphatic rings. The number of nitriles is 1. The highest BCUT2D eigenvalue weighted by Crippen LogP contribution is 2.28. The molecule has 0 saturated carbocycles. The lowest BCUT2D eigenvalue weighted by Crippen LogP contribution is -2.12. The van der Waals surface area contributed by atoms with E-state index in [0.29, 0.717) is 22.3 Å². The van der Waals surface area contributed by atoms with E-state index in [1.54, 1.807) is 0 Å². The highest BCUT2D eigenvalue weighted by atomic mass is 79.9. The summed E-state index contributed by atoms with van der Waals surface area (Å²) >= 11 is 4.77. The molecule has 0 aliphatic heterocycles. The molecular weight excluding hydrogens is 376 g/mol. The average Bonchev–Trinajstić information content (AvgIpc) is 2.98. The monoisotopic (exact) mass is 386 g/mol. The summed E-state index contributed by atoms with van der Waals surface area (Å²) in [5.41, 5.74) is 3.04. The maximum Gasteiger partial charge on any atom is 0.227 e. The number of nitrogens with one attached hydrogen (secondary N) is 1. The van der Waals surface area contributed by atoms with Gasteiger partial charge >= 0.3 is 0 Å². The van der Waals surface area contributed by atoms with Crippen molar-refractivity contribution in [3.8, 4) is 17.6 Å². The summed E-state index contributed by atoms with van der Waals surface area (Å²) in [6, 6.07) is 13.3. The molecule has 5 nitrogen and oxygen atoms in total. The van der Waals surface area contributed by atoms with Crippen molar-refractivity contribution in [3.63, 3.8) is 0 Å². The smallest absolute Gasteiger partial charge is 0.227 e. The second-order valence-corrected chi connectivity index (χ2v) is 6.25.